The Labute approximate surface area is 127 Å². The molecule has 3 nitrogen and oxygen atoms in total. The second kappa shape index (κ2) is 4.62. The number of fused-ring (bicyclic) bond motifs is 2. The number of nitrogens with zero attached hydrogens (tertiary/aromatic N) is 1. The number of rotatable bonds is 3. The highest BCUT2D eigenvalue weighted by atomic mass is 16.5. The van der Waals surface area contributed by atoms with Gasteiger partial charge in [-0.3, -0.25) is 0 Å². The minimum absolute atomic E-state index is 0.0641. The summed E-state index contributed by atoms with van der Waals surface area (Å²) in [5, 5.41) is 0. The summed E-state index contributed by atoms with van der Waals surface area (Å²) in [6.07, 6.45) is 5.49. The summed E-state index contributed by atoms with van der Waals surface area (Å²) in [7, 11) is 0. The molecule has 2 aliphatic carbocycles. The zero-order chi connectivity index (χ0) is 15.4. The fourth-order valence-electron chi connectivity index (χ4n) is 4.52. The lowest BCUT2D eigenvalue weighted by atomic mass is 9.70. The SMILES string of the molecule is CC(C)n1cccc1C(=O)OC1CC2CCC1(C)C2(C)C. The molecule has 1 aromatic heterocycles. The number of hydrogen-bond acceptors (Lipinski definition) is 2. The predicted molar refractivity (Wildman–Crippen MR) is 83.2 cm³/mol. The topological polar surface area (TPSA) is 31.2 Å². The molecule has 3 atom stereocenters. The Hall–Kier alpha value is -1.25. The van der Waals surface area contributed by atoms with Crippen molar-refractivity contribution in [1.29, 1.82) is 0 Å². The molecular formula is C18H27NO2. The van der Waals surface area contributed by atoms with Crippen LogP contribution in [-0.2, 0) is 4.74 Å². The largest absolute Gasteiger partial charge is 0.457 e. The summed E-state index contributed by atoms with van der Waals surface area (Å²) in [6, 6.07) is 4.06. The predicted octanol–water partition coefficient (Wildman–Crippen LogP) is 4.44. The second-order valence-electron chi connectivity index (χ2n) is 7.90. The van der Waals surface area contributed by atoms with Gasteiger partial charge >= 0.3 is 5.97 Å². The maximum atomic E-state index is 12.6. The molecule has 0 amide bonds. The van der Waals surface area contributed by atoms with Gasteiger partial charge in [0.2, 0.25) is 0 Å². The van der Waals surface area contributed by atoms with Crippen molar-refractivity contribution in [2.45, 2.75) is 66.0 Å². The van der Waals surface area contributed by atoms with Crippen LogP contribution in [0.3, 0.4) is 0 Å². The van der Waals surface area contributed by atoms with E-state index >= 15 is 0 Å². The van der Waals surface area contributed by atoms with Crippen molar-refractivity contribution < 1.29 is 9.53 Å². The number of carbonyl (C=O) groups is 1. The molecule has 116 valence electrons. The zero-order valence-corrected chi connectivity index (χ0v) is 13.8. The first-order valence-electron chi connectivity index (χ1n) is 8.15. The highest BCUT2D eigenvalue weighted by Crippen LogP contribution is 2.66. The maximum absolute atomic E-state index is 12.6. The Morgan fingerprint density at radius 3 is 2.62 bits per heavy atom. The van der Waals surface area contributed by atoms with Crippen molar-refractivity contribution in [2.24, 2.45) is 16.7 Å². The summed E-state index contributed by atoms with van der Waals surface area (Å²) in [5.41, 5.74) is 1.08. The molecule has 3 rings (SSSR count). The molecule has 0 aliphatic heterocycles. The standard InChI is InChI=1S/C18H27NO2/c1-12(2)19-10-6-7-14(19)16(20)21-15-11-13-8-9-18(15,5)17(13,3)4/h6-7,10,12-13,15H,8-9,11H2,1-5H3. The normalized spacial score (nSPS) is 33.6. The fraction of sp³-hybridized carbons (Fsp3) is 0.722. The van der Waals surface area contributed by atoms with E-state index < -0.39 is 0 Å². The first-order valence-corrected chi connectivity index (χ1v) is 8.15. The van der Waals surface area contributed by atoms with E-state index in [2.05, 4.69) is 34.6 Å². The van der Waals surface area contributed by atoms with Crippen LogP contribution in [0.2, 0.25) is 0 Å². The fourth-order valence-corrected chi connectivity index (χ4v) is 4.52. The third kappa shape index (κ3) is 1.96. The van der Waals surface area contributed by atoms with Gasteiger partial charge in [0.05, 0.1) is 0 Å². The summed E-state index contributed by atoms with van der Waals surface area (Å²) >= 11 is 0. The van der Waals surface area contributed by atoms with Gasteiger partial charge in [-0.25, -0.2) is 4.79 Å². The van der Waals surface area contributed by atoms with Gasteiger partial charge in [0.25, 0.3) is 0 Å². The molecule has 3 unspecified atom stereocenters. The third-order valence-corrected chi connectivity index (χ3v) is 6.51. The molecule has 1 aromatic rings. The highest BCUT2D eigenvalue weighted by molar-refractivity contribution is 5.88. The average Bonchev–Trinajstić information content (AvgIpc) is 3.01. The Morgan fingerprint density at radius 2 is 2.10 bits per heavy atom. The molecule has 2 fully saturated rings. The van der Waals surface area contributed by atoms with Crippen LogP contribution in [0.25, 0.3) is 0 Å². The van der Waals surface area contributed by atoms with Crippen molar-refractivity contribution in [2.75, 3.05) is 0 Å². The summed E-state index contributed by atoms with van der Waals surface area (Å²) < 4.78 is 7.95. The molecular weight excluding hydrogens is 262 g/mol. The van der Waals surface area contributed by atoms with Crippen molar-refractivity contribution in [3.63, 3.8) is 0 Å². The van der Waals surface area contributed by atoms with Crippen LogP contribution < -0.4 is 0 Å². The summed E-state index contributed by atoms with van der Waals surface area (Å²) in [4.78, 5) is 12.6. The number of esters is 1. The molecule has 0 spiro atoms. The van der Waals surface area contributed by atoms with Gasteiger partial charge < -0.3 is 9.30 Å². The quantitative estimate of drug-likeness (QED) is 0.770. The van der Waals surface area contributed by atoms with E-state index in [0.717, 1.165) is 6.42 Å². The van der Waals surface area contributed by atoms with Crippen molar-refractivity contribution in [3.05, 3.63) is 24.0 Å². The molecule has 0 radical (unpaired) electrons. The van der Waals surface area contributed by atoms with Crippen LogP contribution >= 0.6 is 0 Å². The van der Waals surface area contributed by atoms with Crippen molar-refractivity contribution in [1.82, 2.24) is 4.57 Å². The van der Waals surface area contributed by atoms with E-state index in [0.29, 0.717) is 11.6 Å². The lowest BCUT2D eigenvalue weighted by Crippen LogP contribution is -2.38. The van der Waals surface area contributed by atoms with Crippen LogP contribution in [0.5, 0.6) is 0 Å². The molecule has 3 heteroatoms. The Morgan fingerprint density at radius 1 is 1.38 bits per heavy atom. The Kier molecular flexibility index (Phi) is 3.23. The van der Waals surface area contributed by atoms with Crippen LogP contribution in [0.4, 0.5) is 0 Å². The summed E-state index contributed by atoms with van der Waals surface area (Å²) in [5.74, 6) is 0.528. The number of ether oxygens (including phenoxy) is 1. The van der Waals surface area contributed by atoms with E-state index in [-0.39, 0.29) is 28.9 Å². The van der Waals surface area contributed by atoms with Crippen molar-refractivity contribution in [3.8, 4) is 0 Å². The molecule has 21 heavy (non-hydrogen) atoms. The van der Waals surface area contributed by atoms with E-state index in [1.807, 2.05) is 22.9 Å². The zero-order valence-electron chi connectivity index (χ0n) is 13.8. The molecule has 2 bridgehead atoms. The van der Waals surface area contributed by atoms with Crippen LogP contribution in [0.15, 0.2) is 18.3 Å². The highest BCUT2D eigenvalue weighted by Gasteiger charge is 2.62. The number of hydrogen-bond donors (Lipinski definition) is 0. The Bertz CT molecular complexity index is 557. The number of aromatic nitrogens is 1. The minimum atomic E-state index is -0.164. The van der Waals surface area contributed by atoms with Gasteiger partial charge in [0.15, 0.2) is 0 Å². The maximum Gasteiger partial charge on any atom is 0.355 e. The first kappa shape index (κ1) is 14.7. The van der Waals surface area contributed by atoms with Gasteiger partial charge in [0.1, 0.15) is 11.8 Å². The monoisotopic (exact) mass is 289 g/mol. The van der Waals surface area contributed by atoms with E-state index in [4.69, 9.17) is 4.74 Å². The minimum Gasteiger partial charge on any atom is -0.457 e. The van der Waals surface area contributed by atoms with Gasteiger partial charge in [-0.1, -0.05) is 20.8 Å². The molecule has 1 heterocycles. The van der Waals surface area contributed by atoms with Gasteiger partial charge in [-0.2, -0.15) is 0 Å². The summed E-state index contributed by atoms with van der Waals surface area (Å²) in [6.45, 7) is 11.2. The van der Waals surface area contributed by atoms with E-state index in [1.54, 1.807) is 0 Å². The lowest BCUT2D eigenvalue weighted by molar-refractivity contribution is -0.0251. The first-order chi connectivity index (χ1) is 9.77. The average molecular weight is 289 g/mol. The molecule has 2 aliphatic rings. The van der Waals surface area contributed by atoms with Crippen molar-refractivity contribution >= 4 is 5.97 Å². The number of carbonyl (C=O) groups excluding carboxylic acids is 1. The van der Waals surface area contributed by atoms with Crippen LogP contribution in [0.1, 0.15) is 70.4 Å². The van der Waals surface area contributed by atoms with Gasteiger partial charge in [-0.05, 0) is 56.6 Å². The van der Waals surface area contributed by atoms with E-state index in [9.17, 15) is 4.79 Å². The third-order valence-electron chi connectivity index (χ3n) is 6.51. The lowest BCUT2D eigenvalue weighted by Gasteiger charge is -2.38. The molecule has 2 saturated carbocycles. The Balaban J connectivity index is 1.79. The van der Waals surface area contributed by atoms with Crippen LogP contribution in [-0.4, -0.2) is 16.6 Å². The van der Waals surface area contributed by atoms with Gasteiger partial charge in [-0.15, -0.1) is 0 Å². The molecule has 0 N–H and O–H groups in total. The molecule has 0 aromatic carbocycles. The van der Waals surface area contributed by atoms with Crippen LogP contribution in [0, 0.1) is 16.7 Å². The second-order valence-corrected chi connectivity index (χ2v) is 7.90. The van der Waals surface area contributed by atoms with Gasteiger partial charge in [0, 0.05) is 17.7 Å². The van der Waals surface area contributed by atoms with E-state index in [1.165, 1.54) is 12.8 Å². The smallest absolute Gasteiger partial charge is 0.355 e. The molecule has 0 saturated heterocycles.